The molecule has 1 aromatic carbocycles. The summed E-state index contributed by atoms with van der Waals surface area (Å²) < 4.78 is 0. The molecule has 10 heteroatoms. The fraction of sp³-hybridized carbons (Fsp3) is 0.520. The van der Waals surface area contributed by atoms with Gasteiger partial charge in [-0.25, -0.2) is 0 Å². The number of hydrogen-bond donors (Lipinski definition) is 6. The van der Waals surface area contributed by atoms with Crippen LogP contribution in [0.15, 0.2) is 30.5 Å². The predicted molar refractivity (Wildman–Crippen MR) is 133 cm³/mol. The minimum absolute atomic E-state index is 0.0629. The van der Waals surface area contributed by atoms with Gasteiger partial charge in [0.15, 0.2) is 0 Å². The van der Waals surface area contributed by atoms with E-state index in [1.165, 1.54) is 0 Å². The summed E-state index contributed by atoms with van der Waals surface area (Å²) in [4.78, 5) is 53.0. The van der Waals surface area contributed by atoms with Gasteiger partial charge in [-0.1, -0.05) is 58.7 Å². The van der Waals surface area contributed by atoms with Gasteiger partial charge in [-0.2, -0.15) is 0 Å². The van der Waals surface area contributed by atoms with Crippen molar-refractivity contribution in [3.05, 3.63) is 36.0 Å². The second-order valence-electron chi connectivity index (χ2n) is 9.02. The van der Waals surface area contributed by atoms with E-state index < -0.39 is 48.4 Å². The molecule has 5 atom stereocenters. The van der Waals surface area contributed by atoms with Crippen LogP contribution in [-0.2, 0) is 25.6 Å². The number of carboxylic acid groups (broad SMARTS) is 1. The largest absolute Gasteiger partial charge is 0.480 e. The maximum atomic E-state index is 13.3. The minimum atomic E-state index is -1.20. The topological polar surface area (TPSA) is 166 Å². The lowest BCUT2D eigenvalue weighted by Crippen LogP contribution is -2.58. The Morgan fingerprint density at radius 3 is 2.26 bits per heavy atom. The van der Waals surface area contributed by atoms with Crippen molar-refractivity contribution in [1.82, 2.24) is 20.9 Å². The quantitative estimate of drug-likeness (QED) is 0.249. The number of aromatic amines is 1. The number of amides is 3. The first-order chi connectivity index (χ1) is 16.6. The van der Waals surface area contributed by atoms with Gasteiger partial charge in [-0.15, -0.1) is 0 Å². The Morgan fingerprint density at radius 2 is 1.63 bits per heavy atom. The molecule has 35 heavy (non-hydrogen) atoms. The molecular formula is C25H37N5O5. The maximum absolute atomic E-state index is 13.3. The lowest BCUT2D eigenvalue weighted by atomic mass is 9.95. The van der Waals surface area contributed by atoms with E-state index in [-0.39, 0.29) is 18.3 Å². The van der Waals surface area contributed by atoms with Crippen LogP contribution >= 0.6 is 0 Å². The van der Waals surface area contributed by atoms with Gasteiger partial charge in [0, 0.05) is 23.5 Å². The SMILES string of the molecule is CCC(C)C(N)C(=O)NC(C(=O)NC(Cc1c[nH]c2ccccc12)C(=O)NCC(=O)O)C(C)CC. The van der Waals surface area contributed by atoms with Crippen molar-refractivity contribution in [3.8, 4) is 0 Å². The van der Waals surface area contributed by atoms with Crippen molar-refractivity contribution >= 4 is 34.6 Å². The van der Waals surface area contributed by atoms with Gasteiger partial charge in [0.1, 0.15) is 18.6 Å². The Labute approximate surface area is 205 Å². The van der Waals surface area contributed by atoms with Crippen molar-refractivity contribution < 1.29 is 24.3 Å². The zero-order valence-corrected chi connectivity index (χ0v) is 20.8. The molecule has 3 amide bonds. The number of carbonyl (C=O) groups is 4. The second kappa shape index (κ2) is 12.9. The van der Waals surface area contributed by atoms with Crippen LogP contribution < -0.4 is 21.7 Å². The smallest absolute Gasteiger partial charge is 0.322 e. The zero-order valence-electron chi connectivity index (χ0n) is 20.8. The van der Waals surface area contributed by atoms with Crippen LogP contribution in [0.3, 0.4) is 0 Å². The van der Waals surface area contributed by atoms with Crippen LogP contribution in [0.25, 0.3) is 10.9 Å². The average Bonchev–Trinajstić information content (AvgIpc) is 3.26. The Bertz CT molecular complexity index is 1040. The summed E-state index contributed by atoms with van der Waals surface area (Å²) in [6, 6.07) is 4.82. The highest BCUT2D eigenvalue weighted by Gasteiger charge is 2.32. The van der Waals surface area contributed by atoms with Gasteiger partial charge in [-0.05, 0) is 23.5 Å². The molecule has 10 nitrogen and oxygen atoms in total. The highest BCUT2D eigenvalue weighted by molar-refractivity contribution is 5.94. The van der Waals surface area contributed by atoms with Crippen LogP contribution in [0.5, 0.6) is 0 Å². The number of nitrogens with two attached hydrogens (primary N) is 1. The normalized spacial score (nSPS) is 15.5. The molecule has 0 aliphatic carbocycles. The van der Waals surface area contributed by atoms with Gasteiger partial charge < -0.3 is 31.8 Å². The molecule has 2 aromatic rings. The minimum Gasteiger partial charge on any atom is -0.480 e. The van der Waals surface area contributed by atoms with Crippen LogP contribution in [0.1, 0.15) is 46.1 Å². The van der Waals surface area contributed by atoms with Crippen LogP contribution in [0.4, 0.5) is 0 Å². The summed E-state index contributed by atoms with van der Waals surface area (Å²) in [6.45, 7) is 6.95. The summed E-state index contributed by atoms with van der Waals surface area (Å²) >= 11 is 0. The number of para-hydroxylation sites is 1. The van der Waals surface area contributed by atoms with E-state index in [2.05, 4.69) is 20.9 Å². The van der Waals surface area contributed by atoms with E-state index in [0.29, 0.717) is 12.8 Å². The molecule has 192 valence electrons. The summed E-state index contributed by atoms with van der Waals surface area (Å²) in [5, 5.41) is 17.7. The molecule has 0 saturated carbocycles. The molecule has 0 fully saturated rings. The van der Waals surface area contributed by atoms with Gasteiger partial charge in [0.25, 0.3) is 0 Å². The molecule has 0 saturated heterocycles. The molecule has 5 unspecified atom stereocenters. The van der Waals surface area contributed by atoms with E-state index in [9.17, 15) is 19.2 Å². The Kier molecular flexibility index (Phi) is 10.3. The lowest BCUT2D eigenvalue weighted by Gasteiger charge is -2.28. The highest BCUT2D eigenvalue weighted by Crippen LogP contribution is 2.19. The second-order valence-corrected chi connectivity index (χ2v) is 9.02. The fourth-order valence-electron chi connectivity index (χ4n) is 3.74. The van der Waals surface area contributed by atoms with Crippen molar-refractivity contribution in [3.63, 3.8) is 0 Å². The van der Waals surface area contributed by atoms with Crippen molar-refractivity contribution in [2.45, 2.75) is 65.1 Å². The van der Waals surface area contributed by atoms with E-state index in [4.69, 9.17) is 10.8 Å². The standard InChI is InChI=1S/C25H37N5O5/c1-5-14(3)21(26)24(34)30-22(15(4)6-2)25(35)29-19(23(33)28-13-20(31)32)11-16-12-27-18-10-8-7-9-17(16)18/h7-10,12,14-15,19,21-22,27H,5-6,11,13,26H2,1-4H3,(H,28,33)(H,29,35)(H,30,34)(H,31,32). The molecule has 0 bridgehead atoms. The van der Waals surface area contributed by atoms with Crippen LogP contribution in [0, 0.1) is 11.8 Å². The Morgan fingerprint density at radius 1 is 0.971 bits per heavy atom. The zero-order chi connectivity index (χ0) is 26.1. The number of aromatic nitrogens is 1. The number of rotatable bonds is 13. The highest BCUT2D eigenvalue weighted by atomic mass is 16.4. The first-order valence-corrected chi connectivity index (χ1v) is 12.0. The number of carboxylic acids is 1. The van der Waals surface area contributed by atoms with E-state index in [0.717, 1.165) is 16.5 Å². The van der Waals surface area contributed by atoms with E-state index in [1.807, 2.05) is 52.0 Å². The summed E-state index contributed by atoms with van der Waals surface area (Å²) in [5.41, 5.74) is 7.72. The van der Waals surface area contributed by atoms with Gasteiger partial charge in [0.05, 0.1) is 6.04 Å². The molecule has 1 aromatic heterocycles. The first-order valence-electron chi connectivity index (χ1n) is 12.0. The van der Waals surface area contributed by atoms with Crippen LogP contribution in [-0.4, -0.2) is 58.5 Å². The third kappa shape index (κ3) is 7.54. The number of carbonyl (C=O) groups excluding carboxylic acids is 3. The number of nitrogens with one attached hydrogen (secondary N) is 4. The molecule has 1 heterocycles. The molecule has 2 rings (SSSR count). The molecular weight excluding hydrogens is 450 g/mol. The van der Waals surface area contributed by atoms with E-state index >= 15 is 0 Å². The fourth-order valence-corrected chi connectivity index (χ4v) is 3.74. The maximum Gasteiger partial charge on any atom is 0.322 e. The summed E-state index contributed by atoms with van der Waals surface area (Å²) in [5.74, 6) is -3.07. The predicted octanol–water partition coefficient (Wildman–Crippen LogP) is 1.30. The summed E-state index contributed by atoms with van der Waals surface area (Å²) in [6.07, 6.45) is 3.21. The average molecular weight is 488 g/mol. The summed E-state index contributed by atoms with van der Waals surface area (Å²) in [7, 11) is 0. The van der Waals surface area contributed by atoms with Crippen molar-refractivity contribution in [2.75, 3.05) is 6.54 Å². The third-order valence-corrected chi connectivity index (χ3v) is 6.50. The Balaban J connectivity index is 2.26. The molecule has 0 aliphatic heterocycles. The number of aliphatic carboxylic acids is 1. The number of hydrogen-bond acceptors (Lipinski definition) is 5. The van der Waals surface area contributed by atoms with Crippen LogP contribution in [0.2, 0.25) is 0 Å². The van der Waals surface area contributed by atoms with Gasteiger partial charge in [-0.3, -0.25) is 19.2 Å². The molecule has 0 aliphatic rings. The molecule has 0 radical (unpaired) electrons. The molecule has 0 spiro atoms. The lowest BCUT2D eigenvalue weighted by molar-refractivity contribution is -0.138. The van der Waals surface area contributed by atoms with Gasteiger partial charge >= 0.3 is 5.97 Å². The number of fused-ring (bicyclic) bond motifs is 1. The third-order valence-electron chi connectivity index (χ3n) is 6.50. The van der Waals surface area contributed by atoms with Gasteiger partial charge in [0.2, 0.25) is 17.7 Å². The molecule has 7 N–H and O–H groups in total. The van der Waals surface area contributed by atoms with E-state index in [1.54, 1.807) is 6.20 Å². The van der Waals surface area contributed by atoms with Crippen molar-refractivity contribution in [1.29, 1.82) is 0 Å². The van der Waals surface area contributed by atoms with Crippen molar-refractivity contribution in [2.24, 2.45) is 17.6 Å². The number of H-pyrrole nitrogens is 1. The Hall–Kier alpha value is -3.40. The monoisotopic (exact) mass is 487 g/mol. The number of benzene rings is 1. The first kappa shape index (κ1) is 27.8.